The molecule has 0 aliphatic carbocycles. The number of hydrogen-bond acceptors (Lipinski definition) is 7. The zero-order valence-corrected chi connectivity index (χ0v) is 16.5. The molecule has 3 heterocycles. The number of pyridine rings is 1. The maximum absolute atomic E-state index is 13.2. The lowest BCUT2D eigenvalue weighted by molar-refractivity contribution is -0.138. The summed E-state index contributed by atoms with van der Waals surface area (Å²) in [6.07, 6.45) is 1.54. The van der Waals surface area contributed by atoms with Crippen LogP contribution >= 0.6 is 11.6 Å². The summed E-state index contributed by atoms with van der Waals surface area (Å²) in [4.78, 5) is 20.3. The molecule has 1 N–H and O–H groups in total. The summed E-state index contributed by atoms with van der Waals surface area (Å²) in [5, 5.41) is 2.83. The summed E-state index contributed by atoms with van der Waals surface area (Å²) >= 11 is 5.82. The topological polar surface area (TPSA) is 85.7 Å². The van der Waals surface area contributed by atoms with Crippen molar-refractivity contribution in [3.05, 3.63) is 71.5 Å². The van der Waals surface area contributed by atoms with Crippen molar-refractivity contribution in [2.45, 2.75) is 12.6 Å². The molecule has 4 aromatic rings. The monoisotopic (exact) mass is 446 g/mol. The fourth-order valence-corrected chi connectivity index (χ4v) is 3.03. The predicted molar refractivity (Wildman–Crippen MR) is 108 cm³/mol. The molecule has 0 spiro atoms. The van der Waals surface area contributed by atoms with Gasteiger partial charge in [-0.25, -0.2) is 24.9 Å². The minimum atomic E-state index is -4.61. The van der Waals surface area contributed by atoms with Crippen LogP contribution in [0.4, 0.5) is 19.0 Å². The number of rotatable bonds is 6. The highest BCUT2D eigenvalue weighted by atomic mass is 35.5. The zero-order chi connectivity index (χ0) is 21.8. The third-order valence-electron chi connectivity index (χ3n) is 4.29. The van der Waals surface area contributed by atoms with E-state index in [-0.39, 0.29) is 10.9 Å². The second-order valence-corrected chi connectivity index (χ2v) is 6.71. The number of halogens is 4. The van der Waals surface area contributed by atoms with E-state index in [2.05, 4.69) is 30.2 Å². The maximum atomic E-state index is 13.2. The first-order valence-corrected chi connectivity index (χ1v) is 9.43. The maximum Gasteiger partial charge on any atom is 0.420 e. The third kappa shape index (κ3) is 4.80. The minimum absolute atomic E-state index is 0.217. The Morgan fingerprint density at radius 3 is 2.45 bits per heavy atom. The van der Waals surface area contributed by atoms with Crippen LogP contribution in [-0.2, 0) is 12.6 Å². The second kappa shape index (κ2) is 8.68. The van der Waals surface area contributed by atoms with Crippen LogP contribution in [0.15, 0.2) is 55.2 Å². The molecule has 1 aromatic carbocycles. The molecule has 7 nitrogen and oxygen atoms in total. The van der Waals surface area contributed by atoms with Gasteiger partial charge in [0.25, 0.3) is 0 Å². The molecule has 158 valence electrons. The van der Waals surface area contributed by atoms with E-state index in [1.807, 2.05) is 0 Å². The Balaban J connectivity index is 1.42. The molecule has 4 rings (SSSR count). The van der Waals surface area contributed by atoms with Gasteiger partial charge in [0.05, 0.1) is 0 Å². The molecule has 11 heteroatoms. The van der Waals surface area contributed by atoms with Crippen LogP contribution in [0.25, 0.3) is 11.2 Å². The van der Waals surface area contributed by atoms with Gasteiger partial charge in [0.1, 0.15) is 23.2 Å². The lowest BCUT2D eigenvalue weighted by atomic mass is 10.1. The number of benzene rings is 1. The van der Waals surface area contributed by atoms with Crippen molar-refractivity contribution >= 4 is 28.6 Å². The first-order valence-electron chi connectivity index (χ1n) is 9.06. The molecule has 0 saturated heterocycles. The van der Waals surface area contributed by atoms with E-state index in [1.54, 1.807) is 36.7 Å². The lowest BCUT2D eigenvalue weighted by Crippen LogP contribution is -2.08. The Morgan fingerprint density at radius 2 is 1.68 bits per heavy atom. The normalized spacial score (nSPS) is 11.5. The highest BCUT2D eigenvalue weighted by molar-refractivity contribution is 6.31. The van der Waals surface area contributed by atoms with Crippen LogP contribution < -0.4 is 10.1 Å². The molecule has 3 aromatic heterocycles. The smallest absolute Gasteiger partial charge is 0.420 e. The number of nitrogens with zero attached hydrogens (tertiary/aromatic N) is 5. The predicted octanol–water partition coefficient (Wildman–Crippen LogP) is 4.93. The molecular formula is C20H14ClF3N6O. The van der Waals surface area contributed by atoms with Gasteiger partial charge in [-0.15, -0.1) is 0 Å². The lowest BCUT2D eigenvalue weighted by Gasteiger charge is -2.14. The Labute approximate surface area is 179 Å². The highest BCUT2D eigenvalue weighted by Gasteiger charge is 2.36. The van der Waals surface area contributed by atoms with Crippen molar-refractivity contribution in [1.29, 1.82) is 0 Å². The summed E-state index contributed by atoms with van der Waals surface area (Å²) in [5.41, 5.74) is 1.02. The van der Waals surface area contributed by atoms with Crippen molar-refractivity contribution in [2.75, 3.05) is 11.9 Å². The highest BCUT2D eigenvalue weighted by Crippen LogP contribution is 2.41. The van der Waals surface area contributed by atoms with Crippen LogP contribution in [0.1, 0.15) is 11.1 Å². The van der Waals surface area contributed by atoms with Gasteiger partial charge in [0.2, 0.25) is 0 Å². The van der Waals surface area contributed by atoms with Gasteiger partial charge in [-0.3, -0.25) is 0 Å². The van der Waals surface area contributed by atoms with Crippen molar-refractivity contribution in [2.24, 2.45) is 0 Å². The average molecular weight is 447 g/mol. The van der Waals surface area contributed by atoms with E-state index in [4.69, 9.17) is 16.3 Å². The van der Waals surface area contributed by atoms with E-state index >= 15 is 0 Å². The average Bonchev–Trinajstić information content (AvgIpc) is 2.76. The number of aromatic nitrogens is 5. The minimum Gasteiger partial charge on any atom is -0.453 e. The Hall–Kier alpha value is -3.53. The van der Waals surface area contributed by atoms with Gasteiger partial charge in [-0.05, 0) is 30.2 Å². The fraction of sp³-hybridized carbons (Fsp3) is 0.150. The van der Waals surface area contributed by atoms with Gasteiger partial charge in [-0.2, -0.15) is 13.2 Å². The van der Waals surface area contributed by atoms with Crippen LogP contribution in [0.5, 0.6) is 11.5 Å². The van der Waals surface area contributed by atoms with Crippen molar-refractivity contribution in [1.82, 2.24) is 24.9 Å². The largest absolute Gasteiger partial charge is 0.453 e. The van der Waals surface area contributed by atoms with E-state index in [1.165, 1.54) is 6.33 Å². The summed E-state index contributed by atoms with van der Waals surface area (Å²) in [5.74, 6) is 0.265. The molecule has 0 unspecified atom stereocenters. The molecule has 0 radical (unpaired) electrons. The number of hydrogen-bond donors (Lipinski definition) is 1. The first kappa shape index (κ1) is 20.7. The summed E-state index contributed by atoms with van der Waals surface area (Å²) in [6, 6.07) is 7.48. The molecule has 0 bridgehead atoms. The number of nitrogens with one attached hydrogen (secondary N) is 1. The van der Waals surface area contributed by atoms with Gasteiger partial charge in [0, 0.05) is 25.1 Å². The van der Waals surface area contributed by atoms with Crippen molar-refractivity contribution < 1.29 is 17.9 Å². The molecule has 0 amide bonds. The van der Waals surface area contributed by atoms with Gasteiger partial charge >= 0.3 is 6.18 Å². The quantitative estimate of drug-likeness (QED) is 0.420. The van der Waals surface area contributed by atoms with E-state index in [0.29, 0.717) is 29.9 Å². The van der Waals surface area contributed by atoms with E-state index < -0.39 is 17.5 Å². The van der Waals surface area contributed by atoms with Gasteiger partial charge in [0.15, 0.2) is 22.4 Å². The van der Waals surface area contributed by atoms with Crippen LogP contribution in [0, 0.1) is 0 Å². The molecule has 0 saturated carbocycles. The van der Waals surface area contributed by atoms with Gasteiger partial charge < -0.3 is 10.1 Å². The number of ether oxygens (including phenoxy) is 1. The molecule has 0 aliphatic heterocycles. The number of alkyl halides is 3. The van der Waals surface area contributed by atoms with E-state index in [0.717, 1.165) is 17.8 Å². The standard InChI is InChI=1S/C20H14ClF3N6O/c21-17-16(14(6-8-26-17)20(22,23)24)31-13-3-1-12(2-4-13)5-7-27-18-15-19(30-11-29-18)28-10-9-25-15/h1-4,6,8-11H,5,7H2,(H,27,28,29,30). The Kier molecular flexibility index (Phi) is 5.81. The SMILES string of the molecule is FC(F)(F)c1ccnc(Cl)c1Oc1ccc(CCNc2ncnc3nccnc23)cc1. The van der Waals surface area contributed by atoms with Crippen molar-refractivity contribution in [3.63, 3.8) is 0 Å². The Bertz CT molecular complexity index is 1200. The van der Waals surface area contributed by atoms with Gasteiger partial charge in [-0.1, -0.05) is 23.7 Å². The number of fused-ring (bicyclic) bond motifs is 1. The van der Waals surface area contributed by atoms with Crippen LogP contribution in [-0.4, -0.2) is 31.5 Å². The summed E-state index contributed by atoms with van der Waals surface area (Å²) in [6.45, 7) is 0.551. The molecule has 31 heavy (non-hydrogen) atoms. The third-order valence-corrected chi connectivity index (χ3v) is 4.56. The molecular weight excluding hydrogens is 433 g/mol. The number of anilines is 1. The molecule has 0 atom stereocenters. The summed E-state index contributed by atoms with van der Waals surface area (Å²) < 4.78 is 44.9. The van der Waals surface area contributed by atoms with Crippen molar-refractivity contribution in [3.8, 4) is 11.5 Å². The fourth-order valence-electron chi connectivity index (χ4n) is 2.83. The molecule has 0 aliphatic rings. The second-order valence-electron chi connectivity index (χ2n) is 6.35. The van der Waals surface area contributed by atoms with Crippen LogP contribution in [0.2, 0.25) is 5.15 Å². The zero-order valence-electron chi connectivity index (χ0n) is 15.8. The first-order chi connectivity index (χ1) is 14.9. The summed E-state index contributed by atoms with van der Waals surface area (Å²) in [7, 11) is 0. The Morgan fingerprint density at radius 1 is 0.903 bits per heavy atom. The van der Waals surface area contributed by atoms with Crippen LogP contribution in [0.3, 0.4) is 0 Å². The molecule has 0 fully saturated rings. The van der Waals surface area contributed by atoms with E-state index in [9.17, 15) is 13.2 Å².